The molecule has 0 saturated carbocycles. The molecule has 0 heterocycles. The van der Waals surface area contributed by atoms with Crippen molar-refractivity contribution in [1.29, 1.82) is 0 Å². The number of hydrogen-bond acceptors (Lipinski definition) is 3. The second kappa shape index (κ2) is 7.78. The van der Waals surface area contributed by atoms with Crippen molar-refractivity contribution in [3.63, 3.8) is 0 Å². The van der Waals surface area contributed by atoms with Gasteiger partial charge in [-0.15, -0.1) is 0 Å². The van der Waals surface area contributed by atoms with Gasteiger partial charge in [0.1, 0.15) is 6.04 Å². The standard InChI is InChI=1S/C16H24N2O3/c1-5-18(16(21)12(3)17-13(4)19)10-15(20)14-8-6-11(2)7-9-14/h6-9,12,15,20H,5,10H2,1-4H3,(H,17,19). The number of aliphatic hydroxyl groups is 1. The quantitative estimate of drug-likeness (QED) is 0.832. The van der Waals surface area contributed by atoms with Gasteiger partial charge in [0.25, 0.3) is 0 Å². The minimum atomic E-state index is -0.737. The first kappa shape index (κ1) is 17.2. The number of carbonyl (C=O) groups excluding carboxylic acids is 2. The van der Waals surface area contributed by atoms with Crippen LogP contribution in [-0.2, 0) is 9.59 Å². The van der Waals surface area contributed by atoms with E-state index in [0.717, 1.165) is 11.1 Å². The van der Waals surface area contributed by atoms with Crippen LogP contribution in [0.25, 0.3) is 0 Å². The van der Waals surface area contributed by atoms with Gasteiger partial charge in [-0.05, 0) is 26.3 Å². The fraction of sp³-hybridized carbons (Fsp3) is 0.500. The van der Waals surface area contributed by atoms with E-state index in [2.05, 4.69) is 5.32 Å². The molecule has 116 valence electrons. The Hall–Kier alpha value is -1.88. The lowest BCUT2D eigenvalue weighted by atomic mass is 10.1. The van der Waals surface area contributed by atoms with Crippen molar-refractivity contribution in [3.05, 3.63) is 35.4 Å². The molecule has 21 heavy (non-hydrogen) atoms. The third-order valence-corrected chi connectivity index (χ3v) is 3.34. The zero-order chi connectivity index (χ0) is 16.0. The Bertz CT molecular complexity index is 485. The van der Waals surface area contributed by atoms with Crippen molar-refractivity contribution in [1.82, 2.24) is 10.2 Å². The summed E-state index contributed by atoms with van der Waals surface area (Å²) in [6, 6.07) is 6.98. The first-order chi connectivity index (χ1) is 9.85. The fourth-order valence-electron chi connectivity index (χ4n) is 2.12. The van der Waals surface area contributed by atoms with Crippen LogP contribution in [0.15, 0.2) is 24.3 Å². The average molecular weight is 292 g/mol. The van der Waals surface area contributed by atoms with Gasteiger partial charge in [-0.3, -0.25) is 9.59 Å². The van der Waals surface area contributed by atoms with Crippen LogP contribution in [0, 0.1) is 6.92 Å². The maximum absolute atomic E-state index is 12.2. The fourth-order valence-corrected chi connectivity index (χ4v) is 2.12. The number of likely N-dealkylation sites (N-methyl/N-ethyl adjacent to an activating group) is 1. The molecule has 0 aliphatic carbocycles. The van der Waals surface area contributed by atoms with Gasteiger partial charge in [0.05, 0.1) is 12.6 Å². The Labute approximate surface area is 126 Å². The minimum absolute atomic E-state index is 0.195. The van der Waals surface area contributed by atoms with Crippen LogP contribution in [0.1, 0.15) is 38.0 Å². The van der Waals surface area contributed by atoms with Crippen LogP contribution in [0.2, 0.25) is 0 Å². The number of rotatable bonds is 6. The molecule has 0 radical (unpaired) electrons. The topological polar surface area (TPSA) is 69.6 Å². The second-order valence-electron chi connectivity index (χ2n) is 5.23. The van der Waals surface area contributed by atoms with Crippen LogP contribution < -0.4 is 5.32 Å². The average Bonchev–Trinajstić information content (AvgIpc) is 2.43. The minimum Gasteiger partial charge on any atom is -0.387 e. The van der Waals surface area contributed by atoms with Gasteiger partial charge in [0, 0.05) is 13.5 Å². The van der Waals surface area contributed by atoms with E-state index in [1.807, 2.05) is 38.1 Å². The van der Waals surface area contributed by atoms with Crippen molar-refractivity contribution < 1.29 is 14.7 Å². The van der Waals surface area contributed by atoms with Crippen LogP contribution >= 0.6 is 0 Å². The van der Waals surface area contributed by atoms with E-state index in [1.165, 1.54) is 6.92 Å². The van der Waals surface area contributed by atoms with Gasteiger partial charge in [0.15, 0.2) is 0 Å². The molecule has 1 aromatic rings. The van der Waals surface area contributed by atoms with E-state index in [0.29, 0.717) is 6.54 Å². The zero-order valence-corrected chi connectivity index (χ0v) is 13.1. The molecule has 0 bridgehead atoms. The molecule has 2 amide bonds. The summed E-state index contributed by atoms with van der Waals surface area (Å²) in [6.07, 6.45) is -0.737. The molecule has 1 aromatic carbocycles. The summed E-state index contributed by atoms with van der Waals surface area (Å²) in [4.78, 5) is 24.8. The van der Waals surface area contributed by atoms with Crippen molar-refractivity contribution in [3.8, 4) is 0 Å². The third kappa shape index (κ3) is 5.19. The summed E-state index contributed by atoms with van der Waals surface area (Å²) in [5.74, 6) is -0.440. The number of amides is 2. The van der Waals surface area contributed by atoms with Gasteiger partial charge in [-0.2, -0.15) is 0 Å². The highest BCUT2D eigenvalue weighted by molar-refractivity contribution is 5.86. The van der Waals surface area contributed by atoms with Crippen molar-refractivity contribution in [2.24, 2.45) is 0 Å². The van der Waals surface area contributed by atoms with E-state index in [4.69, 9.17) is 0 Å². The molecule has 0 aliphatic rings. The smallest absolute Gasteiger partial charge is 0.244 e. The number of aryl methyl sites for hydroxylation is 1. The normalized spacial score (nSPS) is 13.4. The molecule has 2 unspecified atom stereocenters. The number of benzene rings is 1. The van der Waals surface area contributed by atoms with Crippen molar-refractivity contribution in [2.45, 2.75) is 39.8 Å². The summed E-state index contributed by atoms with van der Waals surface area (Å²) in [5, 5.41) is 12.8. The highest BCUT2D eigenvalue weighted by Crippen LogP contribution is 2.15. The highest BCUT2D eigenvalue weighted by Gasteiger charge is 2.22. The SMILES string of the molecule is CCN(CC(O)c1ccc(C)cc1)C(=O)C(C)NC(C)=O. The van der Waals surface area contributed by atoms with Gasteiger partial charge in [-0.1, -0.05) is 29.8 Å². The van der Waals surface area contributed by atoms with E-state index in [9.17, 15) is 14.7 Å². The maximum atomic E-state index is 12.2. The molecule has 5 nitrogen and oxygen atoms in total. The molecule has 2 atom stereocenters. The molecule has 2 N–H and O–H groups in total. The molecular weight excluding hydrogens is 268 g/mol. The second-order valence-corrected chi connectivity index (χ2v) is 5.23. The Kier molecular flexibility index (Phi) is 6.37. The maximum Gasteiger partial charge on any atom is 0.244 e. The van der Waals surface area contributed by atoms with Crippen molar-refractivity contribution >= 4 is 11.8 Å². The number of nitrogens with zero attached hydrogens (tertiary/aromatic N) is 1. The summed E-state index contributed by atoms with van der Waals surface area (Å²) in [7, 11) is 0. The van der Waals surface area contributed by atoms with Crippen LogP contribution in [0.5, 0.6) is 0 Å². The first-order valence-corrected chi connectivity index (χ1v) is 7.15. The molecule has 5 heteroatoms. The van der Waals surface area contributed by atoms with Gasteiger partial charge < -0.3 is 15.3 Å². The predicted molar refractivity (Wildman–Crippen MR) is 81.7 cm³/mol. The van der Waals surface area contributed by atoms with E-state index in [1.54, 1.807) is 11.8 Å². The number of aliphatic hydroxyl groups excluding tert-OH is 1. The first-order valence-electron chi connectivity index (χ1n) is 7.15. The molecule has 1 rings (SSSR count). The molecular formula is C16H24N2O3. The van der Waals surface area contributed by atoms with Crippen LogP contribution in [0.4, 0.5) is 0 Å². The predicted octanol–water partition coefficient (Wildman–Crippen LogP) is 1.40. The van der Waals surface area contributed by atoms with Gasteiger partial charge in [0.2, 0.25) is 11.8 Å². The van der Waals surface area contributed by atoms with E-state index < -0.39 is 12.1 Å². The van der Waals surface area contributed by atoms with E-state index in [-0.39, 0.29) is 18.4 Å². The number of carbonyl (C=O) groups is 2. The van der Waals surface area contributed by atoms with Crippen molar-refractivity contribution in [2.75, 3.05) is 13.1 Å². The summed E-state index contributed by atoms with van der Waals surface area (Å²) >= 11 is 0. The highest BCUT2D eigenvalue weighted by atomic mass is 16.3. The lowest BCUT2D eigenvalue weighted by molar-refractivity contribution is -0.136. The summed E-state index contributed by atoms with van der Waals surface area (Å²) in [5.41, 5.74) is 1.90. The number of hydrogen-bond donors (Lipinski definition) is 2. The Morgan fingerprint density at radius 3 is 2.33 bits per heavy atom. The lowest BCUT2D eigenvalue weighted by Gasteiger charge is -2.27. The van der Waals surface area contributed by atoms with E-state index >= 15 is 0 Å². The van der Waals surface area contributed by atoms with Crippen LogP contribution in [0.3, 0.4) is 0 Å². The van der Waals surface area contributed by atoms with Crippen LogP contribution in [-0.4, -0.2) is 41.0 Å². The molecule has 0 aromatic heterocycles. The summed E-state index contributed by atoms with van der Waals surface area (Å²) < 4.78 is 0. The lowest BCUT2D eigenvalue weighted by Crippen LogP contribution is -2.47. The molecule has 0 saturated heterocycles. The Morgan fingerprint density at radius 2 is 1.86 bits per heavy atom. The largest absolute Gasteiger partial charge is 0.387 e. The molecule has 0 spiro atoms. The molecule has 0 fully saturated rings. The molecule has 0 aliphatic heterocycles. The number of nitrogens with one attached hydrogen (secondary N) is 1. The van der Waals surface area contributed by atoms with Gasteiger partial charge in [-0.25, -0.2) is 0 Å². The zero-order valence-electron chi connectivity index (χ0n) is 13.1. The third-order valence-electron chi connectivity index (χ3n) is 3.34. The Morgan fingerprint density at radius 1 is 1.29 bits per heavy atom. The monoisotopic (exact) mass is 292 g/mol. The Balaban J connectivity index is 2.70. The van der Waals surface area contributed by atoms with Gasteiger partial charge >= 0.3 is 0 Å². The summed E-state index contributed by atoms with van der Waals surface area (Å²) in [6.45, 7) is 7.53.